The Labute approximate surface area is 104 Å². The molecule has 2 nitrogen and oxygen atoms in total. The van der Waals surface area contributed by atoms with Gasteiger partial charge in [0.25, 0.3) is 0 Å². The van der Waals surface area contributed by atoms with Gasteiger partial charge in [0.1, 0.15) is 0 Å². The number of nitrogens with one attached hydrogen (secondary N) is 1. The minimum atomic E-state index is -0.0790. The lowest BCUT2D eigenvalue weighted by Gasteiger charge is -2.16. The Bertz CT molecular complexity index is 444. The Kier molecular flexibility index (Phi) is 3.83. The molecule has 0 amide bonds. The minimum absolute atomic E-state index is 0.0588. The second kappa shape index (κ2) is 5.34. The van der Waals surface area contributed by atoms with Gasteiger partial charge in [-0.2, -0.15) is 11.3 Å². The van der Waals surface area contributed by atoms with Crippen LogP contribution >= 0.6 is 22.9 Å². The third kappa shape index (κ3) is 2.76. The lowest BCUT2D eigenvalue weighted by molar-refractivity contribution is 0.276. The van der Waals surface area contributed by atoms with Gasteiger partial charge in [-0.15, -0.1) is 0 Å². The van der Waals surface area contributed by atoms with E-state index in [9.17, 15) is 5.11 Å². The van der Waals surface area contributed by atoms with Crippen LogP contribution in [0.5, 0.6) is 0 Å². The van der Waals surface area contributed by atoms with E-state index >= 15 is 0 Å². The van der Waals surface area contributed by atoms with Gasteiger partial charge in [-0.05, 0) is 40.6 Å². The molecule has 0 saturated carbocycles. The van der Waals surface area contributed by atoms with Crippen molar-refractivity contribution >= 4 is 28.6 Å². The summed E-state index contributed by atoms with van der Waals surface area (Å²) in [7, 11) is 0. The van der Waals surface area contributed by atoms with Crippen LogP contribution < -0.4 is 5.32 Å². The zero-order chi connectivity index (χ0) is 11.4. The number of hydrogen-bond donors (Lipinski definition) is 2. The third-order valence-corrected chi connectivity index (χ3v) is 3.23. The summed E-state index contributed by atoms with van der Waals surface area (Å²) in [5, 5.41) is 17.3. The predicted molar refractivity (Wildman–Crippen MR) is 69.2 cm³/mol. The molecule has 1 heterocycles. The van der Waals surface area contributed by atoms with Crippen molar-refractivity contribution in [3.63, 3.8) is 0 Å². The summed E-state index contributed by atoms with van der Waals surface area (Å²) in [6, 6.07) is 9.41. The Balaban J connectivity index is 2.13. The summed E-state index contributed by atoms with van der Waals surface area (Å²) in [6.07, 6.45) is 0. The third-order valence-electron chi connectivity index (χ3n) is 2.29. The number of anilines is 1. The highest BCUT2D eigenvalue weighted by Gasteiger charge is 2.10. The second-order valence-corrected chi connectivity index (χ2v) is 4.66. The fourth-order valence-corrected chi connectivity index (χ4v) is 2.39. The molecule has 4 heteroatoms. The smallest absolute Gasteiger partial charge is 0.0753 e. The molecule has 84 valence electrons. The summed E-state index contributed by atoms with van der Waals surface area (Å²) in [5.41, 5.74) is 2.00. The lowest BCUT2D eigenvalue weighted by Crippen LogP contribution is -2.13. The van der Waals surface area contributed by atoms with Crippen LogP contribution in [0.1, 0.15) is 11.6 Å². The van der Waals surface area contributed by atoms with Gasteiger partial charge in [0.15, 0.2) is 0 Å². The van der Waals surface area contributed by atoms with E-state index in [1.165, 1.54) is 0 Å². The monoisotopic (exact) mass is 253 g/mol. The van der Waals surface area contributed by atoms with Crippen molar-refractivity contribution in [3.05, 3.63) is 51.7 Å². The van der Waals surface area contributed by atoms with E-state index in [2.05, 4.69) is 5.32 Å². The molecule has 0 aliphatic carbocycles. The van der Waals surface area contributed by atoms with E-state index in [-0.39, 0.29) is 12.6 Å². The molecule has 1 aromatic heterocycles. The average Bonchev–Trinajstić information content (AvgIpc) is 2.79. The standard InChI is InChI=1S/C12H12ClNOS/c13-10-2-1-3-11(6-10)14-12(7-15)9-4-5-16-8-9/h1-6,8,12,14-15H,7H2. The van der Waals surface area contributed by atoms with Crippen molar-refractivity contribution in [3.8, 4) is 0 Å². The molecule has 1 unspecified atom stereocenters. The molecule has 16 heavy (non-hydrogen) atoms. The number of hydrogen-bond acceptors (Lipinski definition) is 3. The van der Waals surface area contributed by atoms with Gasteiger partial charge in [-0.25, -0.2) is 0 Å². The first-order valence-electron chi connectivity index (χ1n) is 4.94. The van der Waals surface area contributed by atoms with Crippen molar-refractivity contribution in [1.29, 1.82) is 0 Å². The molecule has 2 N–H and O–H groups in total. The van der Waals surface area contributed by atoms with Gasteiger partial charge in [0.05, 0.1) is 12.6 Å². The van der Waals surface area contributed by atoms with Gasteiger partial charge >= 0.3 is 0 Å². The van der Waals surface area contributed by atoms with Crippen LogP contribution in [-0.2, 0) is 0 Å². The van der Waals surface area contributed by atoms with E-state index < -0.39 is 0 Å². The summed E-state index contributed by atoms with van der Waals surface area (Å²) in [5.74, 6) is 0. The molecule has 0 radical (unpaired) electrons. The molecule has 2 rings (SSSR count). The first kappa shape index (κ1) is 11.5. The molecule has 0 saturated heterocycles. The minimum Gasteiger partial charge on any atom is -0.394 e. The molecule has 0 aliphatic heterocycles. The second-order valence-electron chi connectivity index (χ2n) is 3.45. The quantitative estimate of drug-likeness (QED) is 0.874. The first-order chi connectivity index (χ1) is 7.79. The summed E-state index contributed by atoms with van der Waals surface area (Å²) in [4.78, 5) is 0. The van der Waals surface area contributed by atoms with E-state index in [1.54, 1.807) is 11.3 Å². The van der Waals surface area contributed by atoms with Crippen molar-refractivity contribution in [2.45, 2.75) is 6.04 Å². The number of thiophene rings is 1. The van der Waals surface area contributed by atoms with Gasteiger partial charge in [0.2, 0.25) is 0 Å². The molecule has 0 spiro atoms. The van der Waals surface area contributed by atoms with Crippen LogP contribution in [0.25, 0.3) is 0 Å². The highest BCUT2D eigenvalue weighted by atomic mass is 35.5. The maximum Gasteiger partial charge on any atom is 0.0753 e. The van der Waals surface area contributed by atoms with Crippen LogP contribution in [0.4, 0.5) is 5.69 Å². The van der Waals surface area contributed by atoms with Crippen molar-refractivity contribution in [1.82, 2.24) is 0 Å². The highest BCUT2D eigenvalue weighted by Crippen LogP contribution is 2.23. The highest BCUT2D eigenvalue weighted by molar-refractivity contribution is 7.08. The van der Waals surface area contributed by atoms with Crippen LogP contribution in [0.3, 0.4) is 0 Å². The zero-order valence-corrected chi connectivity index (χ0v) is 10.1. The topological polar surface area (TPSA) is 32.3 Å². The SMILES string of the molecule is OCC(Nc1cccc(Cl)c1)c1ccsc1. The van der Waals surface area contributed by atoms with Gasteiger partial charge in [0, 0.05) is 10.7 Å². The predicted octanol–water partition coefficient (Wildman–Crippen LogP) is 3.55. The molecule has 0 bridgehead atoms. The van der Waals surface area contributed by atoms with Crippen LogP contribution in [0.2, 0.25) is 5.02 Å². The Morgan fingerprint density at radius 1 is 1.38 bits per heavy atom. The fourth-order valence-electron chi connectivity index (χ4n) is 1.49. The normalized spacial score (nSPS) is 12.4. The van der Waals surface area contributed by atoms with Gasteiger partial charge in [-0.1, -0.05) is 17.7 Å². The fraction of sp³-hybridized carbons (Fsp3) is 0.167. The van der Waals surface area contributed by atoms with E-state index in [0.717, 1.165) is 11.3 Å². The number of aliphatic hydroxyl groups excluding tert-OH is 1. The van der Waals surface area contributed by atoms with Crippen molar-refractivity contribution < 1.29 is 5.11 Å². The maximum absolute atomic E-state index is 9.34. The van der Waals surface area contributed by atoms with Crippen LogP contribution in [-0.4, -0.2) is 11.7 Å². The first-order valence-corrected chi connectivity index (χ1v) is 6.27. The molecule has 1 aromatic carbocycles. The summed E-state index contributed by atoms with van der Waals surface area (Å²) >= 11 is 7.52. The van der Waals surface area contributed by atoms with Gasteiger partial charge < -0.3 is 10.4 Å². The molecule has 0 fully saturated rings. The van der Waals surface area contributed by atoms with E-state index in [0.29, 0.717) is 5.02 Å². The van der Waals surface area contributed by atoms with Crippen LogP contribution in [0.15, 0.2) is 41.1 Å². The Morgan fingerprint density at radius 2 is 2.25 bits per heavy atom. The van der Waals surface area contributed by atoms with Crippen LogP contribution in [0, 0.1) is 0 Å². The zero-order valence-electron chi connectivity index (χ0n) is 8.56. The molecule has 2 aromatic rings. The number of halogens is 1. The number of aliphatic hydroxyl groups is 1. The van der Waals surface area contributed by atoms with Gasteiger partial charge in [-0.3, -0.25) is 0 Å². The number of benzene rings is 1. The van der Waals surface area contributed by atoms with E-state index in [1.807, 2.05) is 41.1 Å². The summed E-state index contributed by atoms with van der Waals surface area (Å²) < 4.78 is 0. The Morgan fingerprint density at radius 3 is 2.88 bits per heavy atom. The number of rotatable bonds is 4. The van der Waals surface area contributed by atoms with E-state index in [4.69, 9.17) is 11.6 Å². The van der Waals surface area contributed by atoms with Crippen molar-refractivity contribution in [2.24, 2.45) is 0 Å². The molecule has 0 aliphatic rings. The van der Waals surface area contributed by atoms with Crippen molar-refractivity contribution in [2.75, 3.05) is 11.9 Å². The summed E-state index contributed by atoms with van der Waals surface area (Å²) in [6.45, 7) is 0.0588. The molecule has 1 atom stereocenters. The molecular formula is C12H12ClNOS. The molecular weight excluding hydrogens is 242 g/mol. The average molecular weight is 254 g/mol. The largest absolute Gasteiger partial charge is 0.394 e. The lowest BCUT2D eigenvalue weighted by atomic mass is 10.1. The maximum atomic E-state index is 9.34. The Hall–Kier alpha value is -1.03.